The Morgan fingerprint density at radius 1 is 0.800 bits per heavy atom. The summed E-state index contributed by atoms with van der Waals surface area (Å²) < 4.78 is 0. The molecule has 0 bridgehead atoms. The van der Waals surface area contributed by atoms with Gasteiger partial charge in [-0.2, -0.15) is 0 Å². The summed E-state index contributed by atoms with van der Waals surface area (Å²) >= 11 is 5.21. The molecule has 0 heterocycles. The number of carbonyl (C=O) groups excluding carboxylic acids is 2. The van der Waals surface area contributed by atoms with Gasteiger partial charge in [-0.05, 0) is 67.0 Å². The van der Waals surface area contributed by atoms with Gasteiger partial charge in [-0.25, -0.2) is 0 Å². The average molecular weight is 418 g/mol. The fraction of sp³-hybridized carbons (Fsp3) is 0.125. The van der Waals surface area contributed by atoms with Crippen molar-refractivity contribution in [2.45, 2.75) is 19.8 Å². The van der Waals surface area contributed by atoms with Crippen molar-refractivity contribution in [2.75, 3.05) is 10.6 Å². The zero-order chi connectivity index (χ0) is 21.3. The Kier molecular flexibility index (Phi) is 7.29. The molecule has 0 saturated carbocycles. The van der Waals surface area contributed by atoms with Crippen LogP contribution in [0.15, 0.2) is 78.9 Å². The smallest absolute Gasteiger partial charge is 0.255 e. The SMILES string of the molecule is Cc1ccccc1C(=O)Nc1ccc(NC(=S)NC(=O)CCc2ccccc2)cc1. The minimum Gasteiger partial charge on any atom is -0.332 e. The molecule has 0 fully saturated rings. The lowest BCUT2D eigenvalue weighted by atomic mass is 10.1. The van der Waals surface area contributed by atoms with Crippen molar-refractivity contribution in [3.63, 3.8) is 0 Å². The summed E-state index contributed by atoms with van der Waals surface area (Å²) in [6, 6.07) is 24.4. The molecular weight excluding hydrogens is 394 g/mol. The molecule has 2 amide bonds. The molecule has 3 rings (SSSR count). The van der Waals surface area contributed by atoms with Gasteiger partial charge in [0.15, 0.2) is 5.11 Å². The van der Waals surface area contributed by atoms with E-state index in [1.807, 2.05) is 55.5 Å². The molecule has 0 radical (unpaired) electrons. The summed E-state index contributed by atoms with van der Waals surface area (Å²) in [7, 11) is 0. The molecule has 0 aliphatic rings. The number of thiocarbonyl (C=S) groups is 1. The van der Waals surface area contributed by atoms with Crippen LogP contribution in [0.4, 0.5) is 11.4 Å². The van der Waals surface area contributed by atoms with Gasteiger partial charge in [-0.15, -0.1) is 0 Å². The Labute approximate surface area is 181 Å². The zero-order valence-corrected chi connectivity index (χ0v) is 17.5. The van der Waals surface area contributed by atoms with Crippen LogP contribution in [-0.4, -0.2) is 16.9 Å². The van der Waals surface area contributed by atoms with E-state index in [2.05, 4.69) is 16.0 Å². The van der Waals surface area contributed by atoms with Crippen LogP contribution >= 0.6 is 12.2 Å². The number of amides is 2. The fourth-order valence-corrected chi connectivity index (χ4v) is 3.15. The van der Waals surface area contributed by atoms with Gasteiger partial charge in [-0.1, -0.05) is 48.5 Å². The first-order chi connectivity index (χ1) is 14.5. The molecule has 152 valence electrons. The van der Waals surface area contributed by atoms with Crippen LogP contribution in [0.3, 0.4) is 0 Å². The third-order valence-electron chi connectivity index (χ3n) is 4.53. The van der Waals surface area contributed by atoms with E-state index >= 15 is 0 Å². The summed E-state index contributed by atoms with van der Waals surface area (Å²) in [5, 5.41) is 8.78. The van der Waals surface area contributed by atoms with Gasteiger partial charge in [-0.3, -0.25) is 9.59 Å². The first-order valence-electron chi connectivity index (χ1n) is 9.63. The van der Waals surface area contributed by atoms with Crippen LogP contribution in [0, 0.1) is 6.92 Å². The molecule has 0 atom stereocenters. The van der Waals surface area contributed by atoms with E-state index in [0.29, 0.717) is 24.1 Å². The largest absolute Gasteiger partial charge is 0.332 e. The standard InChI is InChI=1S/C24H23N3O2S/c1-17-7-5-6-10-21(17)23(29)25-19-12-14-20(15-13-19)26-24(30)27-22(28)16-11-18-8-3-2-4-9-18/h2-10,12-15H,11,16H2,1H3,(H,25,29)(H2,26,27,28,30). The van der Waals surface area contributed by atoms with Gasteiger partial charge in [0.25, 0.3) is 5.91 Å². The predicted molar refractivity (Wildman–Crippen MR) is 125 cm³/mol. The van der Waals surface area contributed by atoms with Crippen molar-refractivity contribution in [1.29, 1.82) is 0 Å². The Balaban J connectivity index is 1.47. The molecule has 0 saturated heterocycles. The van der Waals surface area contributed by atoms with E-state index in [-0.39, 0.29) is 16.9 Å². The highest BCUT2D eigenvalue weighted by molar-refractivity contribution is 7.80. The molecule has 3 aromatic carbocycles. The molecule has 0 aromatic heterocycles. The first-order valence-corrected chi connectivity index (χ1v) is 10.0. The van der Waals surface area contributed by atoms with E-state index < -0.39 is 0 Å². The van der Waals surface area contributed by atoms with Crippen molar-refractivity contribution in [2.24, 2.45) is 0 Å². The second kappa shape index (κ2) is 10.3. The fourth-order valence-electron chi connectivity index (χ4n) is 2.92. The number of aryl methyl sites for hydroxylation is 2. The molecule has 3 N–H and O–H groups in total. The predicted octanol–water partition coefficient (Wildman–Crippen LogP) is 4.69. The number of hydrogen-bond acceptors (Lipinski definition) is 3. The highest BCUT2D eigenvalue weighted by Gasteiger charge is 2.09. The lowest BCUT2D eigenvalue weighted by Gasteiger charge is -2.11. The zero-order valence-electron chi connectivity index (χ0n) is 16.6. The van der Waals surface area contributed by atoms with Crippen LogP contribution in [0.2, 0.25) is 0 Å². The van der Waals surface area contributed by atoms with E-state index in [1.54, 1.807) is 30.3 Å². The van der Waals surface area contributed by atoms with Crippen LogP contribution in [0.25, 0.3) is 0 Å². The van der Waals surface area contributed by atoms with Gasteiger partial charge in [0.05, 0.1) is 0 Å². The molecule has 6 heteroatoms. The summed E-state index contributed by atoms with van der Waals surface area (Å²) in [6.45, 7) is 1.90. The number of anilines is 2. The minimum atomic E-state index is -0.157. The quantitative estimate of drug-likeness (QED) is 0.509. The van der Waals surface area contributed by atoms with E-state index in [1.165, 1.54) is 0 Å². The summed E-state index contributed by atoms with van der Waals surface area (Å²) in [6.07, 6.45) is 1.01. The number of hydrogen-bond donors (Lipinski definition) is 3. The third kappa shape index (κ3) is 6.25. The maximum Gasteiger partial charge on any atom is 0.255 e. The Morgan fingerprint density at radius 3 is 2.07 bits per heavy atom. The topological polar surface area (TPSA) is 70.2 Å². The number of carbonyl (C=O) groups is 2. The van der Waals surface area contributed by atoms with Gasteiger partial charge in [0, 0.05) is 23.4 Å². The monoisotopic (exact) mass is 417 g/mol. The highest BCUT2D eigenvalue weighted by Crippen LogP contribution is 2.16. The molecule has 0 unspecified atom stereocenters. The van der Waals surface area contributed by atoms with Crippen LogP contribution in [-0.2, 0) is 11.2 Å². The first kappa shape index (κ1) is 21.2. The molecule has 3 aromatic rings. The lowest BCUT2D eigenvalue weighted by molar-refractivity contribution is -0.119. The molecular formula is C24H23N3O2S. The maximum atomic E-state index is 12.4. The number of nitrogens with one attached hydrogen (secondary N) is 3. The van der Waals surface area contributed by atoms with Crippen molar-refractivity contribution in [3.8, 4) is 0 Å². The van der Waals surface area contributed by atoms with Crippen LogP contribution in [0.5, 0.6) is 0 Å². The number of benzene rings is 3. The summed E-state index contributed by atoms with van der Waals surface area (Å²) in [5.74, 6) is -0.298. The molecule has 0 aliphatic heterocycles. The average Bonchev–Trinajstić information content (AvgIpc) is 2.74. The molecule has 5 nitrogen and oxygen atoms in total. The lowest BCUT2D eigenvalue weighted by Crippen LogP contribution is -2.34. The molecule has 0 spiro atoms. The van der Waals surface area contributed by atoms with E-state index in [9.17, 15) is 9.59 Å². The summed E-state index contributed by atoms with van der Waals surface area (Å²) in [5.41, 5.74) is 4.06. The third-order valence-corrected chi connectivity index (χ3v) is 4.73. The van der Waals surface area contributed by atoms with Crippen molar-refractivity contribution >= 4 is 40.5 Å². The normalized spacial score (nSPS) is 10.2. The van der Waals surface area contributed by atoms with Gasteiger partial charge < -0.3 is 16.0 Å². The van der Waals surface area contributed by atoms with Gasteiger partial charge in [0.1, 0.15) is 0 Å². The van der Waals surface area contributed by atoms with Crippen molar-refractivity contribution < 1.29 is 9.59 Å². The molecule has 0 aliphatic carbocycles. The van der Waals surface area contributed by atoms with Crippen molar-refractivity contribution in [1.82, 2.24) is 5.32 Å². The molecule has 30 heavy (non-hydrogen) atoms. The summed E-state index contributed by atoms with van der Waals surface area (Å²) in [4.78, 5) is 24.5. The van der Waals surface area contributed by atoms with E-state index in [0.717, 1.165) is 16.8 Å². The Bertz CT molecular complexity index is 1030. The maximum absolute atomic E-state index is 12.4. The van der Waals surface area contributed by atoms with E-state index in [4.69, 9.17) is 12.2 Å². The number of rotatable bonds is 6. The van der Waals surface area contributed by atoms with Crippen molar-refractivity contribution in [3.05, 3.63) is 95.6 Å². The Hall–Kier alpha value is -3.51. The van der Waals surface area contributed by atoms with Gasteiger partial charge >= 0.3 is 0 Å². The van der Waals surface area contributed by atoms with Crippen LogP contribution < -0.4 is 16.0 Å². The second-order valence-electron chi connectivity index (χ2n) is 6.83. The highest BCUT2D eigenvalue weighted by atomic mass is 32.1. The Morgan fingerprint density at radius 2 is 1.40 bits per heavy atom. The van der Waals surface area contributed by atoms with Gasteiger partial charge in [0.2, 0.25) is 5.91 Å². The second-order valence-corrected chi connectivity index (χ2v) is 7.24. The minimum absolute atomic E-state index is 0.140. The van der Waals surface area contributed by atoms with Crippen LogP contribution in [0.1, 0.15) is 27.9 Å².